The van der Waals surface area contributed by atoms with E-state index in [1.54, 1.807) is 4.90 Å². The number of urea groups is 1. The van der Waals surface area contributed by atoms with Crippen LogP contribution in [0.1, 0.15) is 51.4 Å². The predicted molar refractivity (Wildman–Crippen MR) is 95.7 cm³/mol. The van der Waals surface area contributed by atoms with Gasteiger partial charge in [-0.2, -0.15) is 0 Å². The highest BCUT2D eigenvalue weighted by Gasteiger charge is 2.57. The van der Waals surface area contributed by atoms with Gasteiger partial charge < -0.3 is 15.5 Å². The molecule has 5 rings (SSSR count). The van der Waals surface area contributed by atoms with E-state index in [0.29, 0.717) is 36.3 Å². The summed E-state index contributed by atoms with van der Waals surface area (Å²) in [6.07, 6.45) is 9.15. The Morgan fingerprint density at radius 2 is 1.62 bits per heavy atom. The molecule has 5 nitrogen and oxygen atoms in total. The van der Waals surface area contributed by atoms with Crippen molar-refractivity contribution in [2.75, 3.05) is 26.2 Å². The smallest absolute Gasteiger partial charge is 0.314 e. The number of halogens is 1. The Labute approximate surface area is 152 Å². The van der Waals surface area contributed by atoms with Gasteiger partial charge >= 0.3 is 6.03 Å². The van der Waals surface area contributed by atoms with Crippen LogP contribution in [0.15, 0.2) is 0 Å². The van der Waals surface area contributed by atoms with Crippen LogP contribution < -0.4 is 5.73 Å². The molecule has 2 atom stereocenters. The first-order chi connectivity index (χ1) is 11.4. The van der Waals surface area contributed by atoms with Gasteiger partial charge in [0.2, 0.25) is 5.91 Å². The third-order valence-electron chi connectivity index (χ3n) is 6.80. The second kappa shape index (κ2) is 5.89. The fraction of sp³-hybridized carbons (Fsp3) is 0.889. The Morgan fingerprint density at radius 3 is 2.25 bits per heavy atom. The van der Waals surface area contributed by atoms with E-state index in [2.05, 4.69) is 15.9 Å². The number of nitrogens with zero attached hydrogens (tertiary/aromatic N) is 2. The third kappa shape index (κ3) is 3.06. The molecule has 1 aliphatic heterocycles. The molecular formula is C18H28BrN3O2. The number of nitrogens with two attached hydrogens (primary N) is 1. The average Bonchev–Trinajstić information content (AvgIpc) is 2.69. The Balaban J connectivity index is 1.42. The molecule has 6 heteroatoms. The zero-order chi connectivity index (χ0) is 16.9. The van der Waals surface area contributed by atoms with E-state index in [1.165, 1.54) is 38.5 Å². The fourth-order valence-electron chi connectivity index (χ4n) is 6.36. The number of amides is 3. The number of alkyl halides is 1. The highest BCUT2D eigenvalue weighted by Crippen LogP contribution is 2.65. The summed E-state index contributed by atoms with van der Waals surface area (Å²) < 4.78 is 0.304. The largest absolute Gasteiger partial charge is 0.351 e. The lowest BCUT2D eigenvalue weighted by molar-refractivity contribution is -0.138. The molecule has 0 aromatic carbocycles. The van der Waals surface area contributed by atoms with E-state index in [0.717, 1.165) is 24.8 Å². The zero-order valence-electron chi connectivity index (χ0n) is 14.3. The Kier molecular flexibility index (Phi) is 4.09. The normalized spacial score (nSPS) is 41.4. The molecule has 134 valence electrons. The standard InChI is InChI=1S/C18H28BrN3O2/c19-18-9-13-6-14(10-18)8-17(7-13,12-18)11-15(23)21-2-1-3-22(5-4-21)16(20)24/h13-14H,1-12H2,(H2,20,24). The van der Waals surface area contributed by atoms with Crippen LogP contribution in [0.2, 0.25) is 0 Å². The topological polar surface area (TPSA) is 66.6 Å². The van der Waals surface area contributed by atoms with Crippen molar-refractivity contribution < 1.29 is 9.59 Å². The molecule has 5 aliphatic rings. The van der Waals surface area contributed by atoms with Gasteiger partial charge in [0.05, 0.1) is 0 Å². The monoisotopic (exact) mass is 397 g/mol. The van der Waals surface area contributed by atoms with Crippen molar-refractivity contribution in [1.82, 2.24) is 9.80 Å². The van der Waals surface area contributed by atoms with Crippen molar-refractivity contribution in [3.63, 3.8) is 0 Å². The van der Waals surface area contributed by atoms with Gasteiger partial charge in [-0.15, -0.1) is 0 Å². The predicted octanol–water partition coefficient (Wildman–Crippen LogP) is 2.72. The summed E-state index contributed by atoms with van der Waals surface area (Å²) in [5.74, 6) is 1.92. The molecule has 24 heavy (non-hydrogen) atoms. The quantitative estimate of drug-likeness (QED) is 0.727. The second-order valence-electron chi connectivity index (χ2n) is 8.85. The molecule has 3 amide bonds. The minimum Gasteiger partial charge on any atom is -0.351 e. The molecule has 4 saturated carbocycles. The molecule has 2 N–H and O–H groups in total. The molecule has 1 saturated heterocycles. The minimum atomic E-state index is -0.369. The molecule has 5 fully saturated rings. The summed E-state index contributed by atoms with van der Waals surface area (Å²) in [6.45, 7) is 2.62. The van der Waals surface area contributed by atoms with Crippen LogP contribution in [-0.4, -0.2) is 52.2 Å². The lowest BCUT2D eigenvalue weighted by Gasteiger charge is -2.60. The van der Waals surface area contributed by atoms with Gasteiger partial charge in [0.15, 0.2) is 0 Å². The maximum atomic E-state index is 13.0. The van der Waals surface area contributed by atoms with Crippen molar-refractivity contribution in [2.45, 2.75) is 55.7 Å². The van der Waals surface area contributed by atoms with Crippen molar-refractivity contribution >= 4 is 27.9 Å². The summed E-state index contributed by atoms with van der Waals surface area (Å²) in [5, 5.41) is 0. The number of carbonyl (C=O) groups is 2. The molecule has 4 bridgehead atoms. The van der Waals surface area contributed by atoms with Crippen molar-refractivity contribution in [3.05, 3.63) is 0 Å². The summed E-state index contributed by atoms with van der Waals surface area (Å²) in [6, 6.07) is -0.369. The van der Waals surface area contributed by atoms with Crippen LogP contribution >= 0.6 is 15.9 Å². The maximum Gasteiger partial charge on any atom is 0.314 e. The summed E-state index contributed by atoms with van der Waals surface area (Å²) in [5.41, 5.74) is 5.61. The summed E-state index contributed by atoms with van der Waals surface area (Å²) in [7, 11) is 0. The summed E-state index contributed by atoms with van der Waals surface area (Å²) >= 11 is 4.03. The van der Waals surface area contributed by atoms with Gasteiger partial charge in [-0.25, -0.2) is 4.79 Å². The van der Waals surface area contributed by atoms with Crippen LogP contribution in [0.4, 0.5) is 4.79 Å². The number of hydrogen-bond donors (Lipinski definition) is 1. The molecule has 4 aliphatic carbocycles. The molecule has 0 radical (unpaired) electrons. The Morgan fingerprint density at radius 1 is 1.00 bits per heavy atom. The van der Waals surface area contributed by atoms with Crippen LogP contribution in [-0.2, 0) is 4.79 Å². The van der Waals surface area contributed by atoms with Gasteiger partial charge in [0.25, 0.3) is 0 Å². The SMILES string of the molecule is NC(=O)N1CCCN(C(=O)CC23CC4CC(CC(Br)(C4)C2)C3)CC1. The van der Waals surface area contributed by atoms with Gasteiger partial charge in [0.1, 0.15) is 0 Å². The van der Waals surface area contributed by atoms with E-state index < -0.39 is 0 Å². The molecular weight excluding hydrogens is 370 g/mol. The van der Waals surface area contributed by atoms with Gasteiger partial charge in [-0.1, -0.05) is 15.9 Å². The minimum absolute atomic E-state index is 0.223. The Hall–Kier alpha value is -0.780. The van der Waals surface area contributed by atoms with Crippen LogP contribution in [0.3, 0.4) is 0 Å². The molecule has 0 spiro atoms. The summed E-state index contributed by atoms with van der Waals surface area (Å²) in [4.78, 5) is 28.0. The van der Waals surface area contributed by atoms with E-state index >= 15 is 0 Å². The highest BCUT2D eigenvalue weighted by atomic mass is 79.9. The first-order valence-corrected chi connectivity index (χ1v) is 10.2. The van der Waals surface area contributed by atoms with E-state index in [1.807, 2.05) is 4.90 Å². The van der Waals surface area contributed by atoms with Crippen molar-refractivity contribution in [2.24, 2.45) is 23.0 Å². The first-order valence-electron chi connectivity index (χ1n) is 9.38. The van der Waals surface area contributed by atoms with Gasteiger partial charge in [-0.3, -0.25) is 4.79 Å². The lowest BCUT2D eigenvalue weighted by Crippen LogP contribution is -2.54. The van der Waals surface area contributed by atoms with E-state index in [-0.39, 0.29) is 11.4 Å². The Bertz CT molecular complexity index is 538. The molecule has 1 heterocycles. The van der Waals surface area contributed by atoms with E-state index in [4.69, 9.17) is 5.73 Å². The molecule has 0 aromatic rings. The highest BCUT2D eigenvalue weighted by molar-refractivity contribution is 9.10. The average molecular weight is 398 g/mol. The first kappa shape index (κ1) is 16.7. The van der Waals surface area contributed by atoms with Crippen LogP contribution in [0.25, 0.3) is 0 Å². The number of rotatable bonds is 2. The lowest BCUT2D eigenvalue weighted by atomic mass is 9.48. The molecule has 0 aromatic heterocycles. The number of carbonyl (C=O) groups excluding carboxylic acids is 2. The second-order valence-corrected chi connectivity index (χ2v) is 10.5. The third-order valence-corrected chi connectivity index (χ3v) is 7.73. The van der Waals surface area contributed by atoms with Gasteiger partial charge in [0, 0.05) is 36.9 Å². The van der Waals surface area contributed by atoms with Crippen molar-refractivity contribution in [3.8, 4) is 0 Å². The van der Waals surface area contributed by atoms with Gasteiger partial charge in [-0.05, 0) is 62.2 Å². The zero-order valence-corrected chi connectivity index (χ0v) is 15.9. The molecule has 2 unspecified atom stereocenters. The fourth-order valence-corrected chi connectivity index (χ4v) is 7.87. The van der Waals surface area contributed by atoms with Crippen LogP contribution in [0, 0.1) is 17.3 Å². The van der Waals surface area contributed by atoms with Crippen molar-refractivity contribution in [1.29, 1.82) is 0 Å². The number of primary amides is 1. The maximum absolute atomic E-state index is 13.0. The van der Waals surface area contributed by atoms with E-state index in [9.17, 15) is 9.59 Å². The number of hydrogen-bond acceptors (Lipinski definition) is 2. The van der Waals surface area contributed by atoms with Crippen LogP contribution in [0.5, 0.6) is 0 Å².